The maximum atomic E-state index is 5.84. The summed E-state index contributed by atoms with van der Waals surface area (Å²) in [5.41, 5.74) is 6.83. The van der Waals surface area contributed by atoms with Crippen molar-refractivity contribution >= 4 is 16.5 Å². The molecule has 0 aromatic carbocycles. The number of hydrogen-bond donors (Lipinski definition) is 1. The number of methoxy groups -OCH3 is 1. The van der Waals surface area contributed by atoms with Crippen LogP contribution in [0.3, 0.4) is 0 Å². The van der Waals surface area contributed by atoms with Crippen LogP contribution in [0.25, 0.3) is 0 Å². The van der Waals surface area contributed by atoms with E-state index >= 15 is 0 Å². The third-order valence-electron chi connectivity index (χ3n) is 3.46. The smallest absolute Gasteiger partial charge is 0.185 e. The minimum absolute atomic E-state index is 0.540. The monoisotopic (exact) mass is 313 g/mol. The Morgan fingerprint density at radius 3 is 2.14 bits per heavy atom. The molecule has 1 rings (SSSR count). The second kappa shape index (κ2) is 9.38. The molecule has 0 atom stereocenters. The molecule has 0 bridgehead atoms. The molecule has 0 saturated heterocycles. The van der Waals surface area contributed by atoms with Crippen LogP contribution in [0.4, 0.5) is 5.13 Å². The quantitative estimate of drug-likeness (QED) is 0.716. The molecule has 5 heteroatoms. The summed E-state index contributed by atoms with van der Waals surface area (Å²) in [6.07, 6.45) is 2.38. The van der Waals surface area contributed by atoms with E-state index < -0.39 is 0 Å². The van der Waals surface area contributed by atoms with Gasteiger partial charge in [-0.05, 0) is 24.7 Å². The van der Waals surface area contributed by atoms with E-state index in [1.165, 1.54) is 12.8 Å². The average molecular weight is 314 g/mol. The fourth-order valence-electron chi connectivity index (χ4n) is 2.05. The molecule has 1 aromatic rings. The average Bonchev–Trinajstić information content (AvgIpc) is 2.81. The highest BCUT2D eigenvalue weighted by atomic mass is 32.1. The summed E-state index contributed by atoms with van der Waals surface area (Å²) in [4.78, 5) is 8.33. The van der Waals surface area contributed by atoms with Gasteiger partial charge in [0.25, 0.3) is 0 Å². The zero-order chi connectivity index (χ0) is 15.8. The highest BCUT2D eigenvalue weighted by Crippen LogP contribution is 2.28. The Kier molecular flexibility index (Phi) is 8.22. The van der Waals surface area contributed by atoms with Crippen LogP contribution in [0.1, 0.15) is 51.1 Å². The molecule has 2 N–H and O–H groups in total. The summed E-state index contributed by atoms with van der Waals surface area (Å²) in [5, 5.41) is 1.10. The van der Waals surface area contributed by atoms with Crippen LogP contribution in [-0.4, -0.2) is 25.2 Å². The molecule has 0 radical (unpaired) electrons. The van der Waals surface area contributed by atoms with E-state index in [4.69, 9.17) is 15.5 Å². The molecule has 0 aliphatic carbocycles. The first kappa shape index (κ1) is 18.4. The van der Waals surface area contributed by atoms with E-state index in [0.29, 0.717) is 25.0 Å². The number of anilines is 1. The van der Waals surface area contributed by atoms with Gasteiger partial charge in [-0.15, -0.1) is 11.3 Å². The van der Waals surface area contributed by atoms with E-state index in [1.54, 1.807) is 18.4 Å². The summed E-state index contributed by atoms with van der Waals surface area (Å²) in [7, 11) is 1.70. The number of hydrogen-bond acceptors (Lipinski definition) is 5. The molecular formula is C16H31N3OS. The van der Waals surface area contributed by atoms with E-state index in [-0.39, 0.29) is 0 Å². The zero-order valence-electron chi connectivity index (χ0n) is 14.2. The molecule has 4 nitrogen and oxygen atoms in total. The number of thiazole rings is 1. The number of nitrogens with two attached hydrogens (primary N) is 1. The van der Waals surface area contributed by atoms with Crippen molar-refractivity contribution in [1.82, 2.24) is 4.98 Å². The largest absolute Gasteiger partial charge is 0.378 e. The van der Waals surface area contributed by atoms with Crippen LogP contribution >= 0.6 is 11.3 Å². The molecule has 0 saturated carbocycles. The lowest BCUT2D eigenvalue weighted by atomic mass is 10.1. The highest BCUT2D eigenvalue weighted by Gasteiger charge is 2.16. The van der Waals surface area contributed by atoms with Crippen LogP contribution in [0.5, 0.6) is 0 Å². The molecule has 0 aliphatic heterocycles. The Labute approximate surface area is 133 Å². The van der Waals surface area contributed by atoms with Gasteiger partial charge in [-0.1, -0.05) is 27.7 Å². The van der Waals surface area contributed by atoms with Gasteiger partial charge in [0.15, 0.2) is 5.13 Å². The van der Waals surface area contributed by atoms with Crippen molar-refractivity contribution < 1.29 is 4.74 Å². The Bertz CT molecular complexity index is 392. The van der Waals surface area contributed by atoms with E-state index in [1.807, 2.05) is 0 Å². The minimum Gasteiger partial charge on any atom is -0.378 e. The molecule has 0 amide bonds. The number of nitrogens with zero attached hydrogens (tertiary/aromatic N) is 2. The molecule has 0 fully saturated rings. The molecular weight excluding hydrogens is 282 g/mol. The van der Waals surface area contributed by atoms with Crippen molar-refractivity contribution in [2.45, 2.75) is 53.7 Å². The second-order valence-electron chi connectivity index (χ2n) is 6.36. The molecule has 1 heterocycles. The molecule has 1 aromatic heterocycles. The maximum absolute atomic E-state index is 5.84. The van der Waals surface area contributed by atoms with Crippen LogP contribution < -0.4 is 10.6 Å². The van der Waals surface area contributed by atoms with Crippen molar-refractivity contribution in [2.24, 2.45) is 17.6 Å². The molecule has 0 spiro atoms. The number of rotatable bonds is 10. The van der Waals surface area contributed by atoms with Crippen LogP contribution in [-0.2, 0) is 17.9 Å². The molecule has 0 aliphatic rings. The lowest BCUT2D eigenvalue weighted by Gasteiger charge is -2.23. The fourth-order valence-corrected chi connectivity index (χ4v) is 3.04. The van der Waals surface area contributed by atoms with Gasteiger partial charge in [0, 0.05) is 31.6 Å². The third kappa shape index (κ3) is 6.32. The van der Waals surface area contributed by atoms with Crippen molar-refractivity contribution in [3.05, 3.63) is 10.6 Å². The van der Waals surface area contributed by atoms with E-state index in [9.17, 15) is 0 Å². The van der Waals surface area contributed by atoms with Gasteiger partial charge >= 0.3 is 0 Å². The number of aromatic nitrogens is 1. The lowest BCUT2D eigenvalue weighted by Crippen LogP contribution is -2.27. The third-order valence-corrected chi connectivity index (χ3v) is 4.64. The first-order valence-electron chi connectivity index (χ1n) is 7.90. The van der Waals surface area contributed by atoms with Gasteiger partial charge in [-0.3, -0.25) is 0 Å². The summed E-state index contributed by atoms with van der Waals surface area (Å²) in [6.45, 7) is 12.3. The Morgan fingerprint density at radius 2 is 1.71 bits per heavy atom. The summed E-state index contributed by atoms with van der Waals surface area (Å²) < 4.78 is 5.23. The normalized spacial score (nSPS) is 11.6. The van der Waals surface area contributed by atoms with Crippen LogP contribution in [0, 0.1) is 11.8 Å². The molecule has 0 unspecified atom stereocenters. The second-order valence-corrected chi connectivity index (χ2v) is 7.42. The maximum Gasteiger partial charge on any atom is 0.185 e. The van der Waals surface area contributed by atoms with Gasteiger partial charge in [0.05, 0.1) is 12.3 Å². The predicted octanol–water partition coefficient (Wildman–Crippen LogP) is 3.65. The predicted molar refractivity (Wildman–Crippen MR) is 91.8 cm³/mol. The highest BCUT2D eigenvalue weighted by molar-refractivity contribution is 7.15. The Hall–Kier alpha value is -0.650. The van der Waals surface area contributed by atoms with Gasteiger partial charge in [0.1, 0.15) is 0 Å². The van der Waals surface area contributed by atoms with Crippen LogP contribution in [0.15, 0.2) is 0 Å². The van der Waals surface area contributed by atoms with Crippen molar-refractivity contribution in [3.63, 3.8) is 0 Å². The summed E-state index contributed by atoms with van der Waals surface area (Å²) in [6, 6.07) is 0. The van der Waals surface area contributed by atoms with Crippen molar-refractivity contribution in [2.75, 3.05) is 25.1 Å². The van der Waals surface area contributed by atoms with Crippen molar-refractivity contribution in [1.29, 1.82) is 0 Å². The van der Waals surface area contributed by atoms with E-state index in [2.05, 4.69) is 32.6 Å². The Morgan fingerprint density at radius 1 is 1.14 bits per heavy atom. The summed E-state index contributed by atoms with van der Waals surface area (Å²) >= 11 is 1.72. The number of ether oxygens (including phenoxy) is 1. The van der Waals surface area contributed by atoms with Crippen LogP contribution in [0.2, 0.25) is 0 Å². The molecule has 122 valence electrons. The first-order chi connectivity index (χ1) is 9.97. The van der Waals surface area contributed by atoms with Crippen molar-refractivity contribution in [3.8, 4) is 0 Å². The van der Waals surface area contributed by atoms with Gasteiger partial charge in [-0.25, -0.2) is 4.98 Å². The SMILES string of the molecule is COCc1nc(N(CCC(C)C)CCC(C)C)sc1CN. The fraction of sp³-hybridized carbons (Fsp3) is 0.812. The minimum atomic E-state index is 0.540. The van der Waals surface area contributed by atoms with Gasteiger partial charge in [-0.2, -0.15) is 0 Å². The lowest BCUT2D eigenvalue weighted by molar-refractivity contribution is 0.181. The topological polar surface area (TPSA) is 51.4 Å². The Balaban J connectivity index is 2.84. The van der Waals surface area contributed by atoms with Gasteiger partial charge < -0.3 is 15.4 Å². The standard InChI is InChI=1S/C16H31N3OS/c1-12(2)6-8-19(9-7-13(3)4)16-18-14(11-20-5)15(10-17)21-16/h12-13H,6-11,17H2,1-5H3. The molecule has 21 heavy (non-hydrogen) atoms. The van der Waals surface area contributed by atoms with E-state index in [0.717, 1.165) is 28.8 Å². The summed E-state index contributed by atoms with van der Waals surface area (Å²) in [5.74, 6) is 1.41. The van der Waals surface area contributed by atoms with Gasteiger partial charge in [0.2, 0.25) is 0 Å². The first-order valence-corrected chi connectivity index (χ1v) is 8.72. The zero-order valence-corrected chi connectivity index (χ0v) is 15.0.